The van der Waals surface area contributed by atoms with E-state index in [2.05, 4.69) is 151 Å². The van der Waals surface area contributed by atoms with Crippen LogP contribution in [0.15, 0.2) is 146 Å². The fourth-order valence-corrected chi connectivity index (χ4v) is 6.67. The topological polar surface area (TPSA) is 108 Å². The van der Waals surface area contributed by atoms with Crippen molar-refractivity contribution in [3.8, 4) is 0 Å². The third-order valence-corrected chi connectivity index (χ3v) is 9.48. The number of nitrogens with zero attached hydrogens (tertiary/aromatic N) is 3. The molecule has 0 saturated carbocycles. The average Bonchev–Trinajstić information content (AvgIpc) is 3.97. The van der Waals surface area contributed by atoms with Crippen LogP contribution in [0.1, 0.15) is 76.3 Å². The molecular weight excluding hydrogens is 731 g/mol. The molecule has 4 aromatic carbocycles. The molecule has 0 bridgehead atoms. The molecule has 11 heteroatoms. The Hall–Kier alpha value is -4.61. The van der Waals surface area contributed by atoms with Crippen molar-refractivity contribution < 1.29 is 14.3 Å². The highest BCUT2D eigenvalue weighted by molar-refractivity contribution is 5.85. The van der Waals surface area contributed by atoms with Crippen LogP contribution in [0.4, 0.5) is 0 Å². The third kappa shape index (κ3) is 13.9. The Morgan fingerprint density at radius 1 is 0.600 bits per heavy atom. The number of hydrogen-bond donors (Lipinski definition) is 3. The Balaban J connectivity index is 0.000000206. The quantitative estimate of drug-likeness (QED) is 0.113. The molecule has 0 spiro atoms. The van der Waals surface area contributed by atoms with Gasteiger partial charge in [0.1, 0.15) is 12.2 Å². The van der Waals surface area contributed by atoms with Gasteiger partial charge in [-0.05, 0) is 61.0 Å². The zero-order valence-corrected chi connectivity index (χ0v) is 32.6. The highest BCUT2D eigenvalue weighted by Gasteiger charge is 2.25. The van der Waals surface area contributed by atoms with Crippen LogP contribution in [-0.4, -0.2) is 69.5 Å². The molecule has 2 fully saturated rings. The van der Waals surface area contributed by atoms with Gasteiger partial charge in [-0.25, -0.2) is 9.97 Å². The highest BCUT2D eigenvalue weighted by atomic mass is 35.5. The maximum Gasteiger partial charge on any atom is 0.167 e. The zero-order valence-electron chi connectivity index (χ0n) is 31.0. The van der Waals surface area contributed by atoms with Crippen LogP contribution < -0.4 is 5.32 Å². The van der Waals surface area contributed by atoms with Gasteiger partial charge in [-0.2, -0.15) is 0 Å². The maximum atomic E-state index is 9.80. The Kier molecular flexibility index (Phi) is 18.8. The van der Waals surface area contributed by atoms with Crippen molar-refractivity contribution in [1.82, 2.24) is 30.2 Å². The first-order valence-electron chi connectivity index (χ1n) is 18.6. The molecule has 290 valence electrons. The molecule has 0 aliphatic carbocycles. The standard InChI is InChI=1S/C22H25N3O.C18H21NO.C4H4N2O.2ClH/c1-3-7-18(8-4-1)22(19-9-5-2-6-10-19)26-21-11-13-25(14-12-21)16-20-15-23-17-24-20;1-3-7-15(8-4-1)18(16-9-5-2-6-10-16)20-17-11-13-19-14-12-17;7-2-4-1-5-3-6-4;;/h1-10,15,17,21-22H,11-14,16H2,(H,23,24);1-10,17-19H,11-14H2;1-3H,(H,5,6);2*1H. The molecule has 2 aliphatic heterocycles. The number of likely N-dealkylation sites (tertiary alicyclic amines) is 1. The van der Waals surface area contributed by atoms with Gasteiger partial charge in [-0.3, -0.25) is 9.69 Å². The second-order valence-electron chi connectivity index (χ2n) is 13.3. The smallest absolute Gasteiger partial charge is 0.167 e. The fourth-order valence-electron chi connectivity index (χ4n) is 6.67. The van der Waals surface area contributed by atoms with Gasteiger partial charge in [0.05, 0.1) is 36.8 Å². The second kappa shape index (κ2) is 24.0. The number of piperidine rings is 2. The Labute approximate surface area is 337 Å². The molecule has 2 aromatic heterocycles. The van der Waals surface area contributed by atoms with Gasteiger partial charge in [0.25, 0.3) is 0 Å². The predicted octanol–water partition coefficient (Wildman–Crippen LogP) is 8.79. The molecule has 0 radical (unpaired) electrons. The summed E-state index contributed by atoms with van der Waals surface area (Å²) >= 11 is 0. The monoisotopic (exact) mass is 782 g/mol. The first-order chi connectivity index (χ1) is 26.2. The van der Waals surface area contributed by atoms with E-state index >= 15 is 0 Å². The molecule has 2 aliphatic rings. The zero-order chi connectivity index (χ0) is 36.3. The minimum atomic E-state index is 0. The number of rotatable bonds is 11. The van der Waals surface area contributed by atoms with Crippen molar-refractivity contribution >= 4 is 31.1 Å². The summed E-state index contributed by atoms with van der Waals surface area (Å²) in [6.07, 6.45) is 12.3. The SMILES string of the molecule is Cl.Cl.O=Cc1cnc[nH]1.c1ccc(C(OC2CCN(Cc3cnc[nH]3)CC2)c2ccccc2)cc1.c1ccc(C(OC2CCNCC2)c2ccccc2)cc1. The van der Waals surface area contributed by atoms with Crippen molar-refractivity contribution in [2.45, 2.75) is 56.6 Å². The minimum absolute atomic E-state index is 0. The molecule has 9 nitrogen and oxygen atoms in total. The fraction of sp³-hybridized carbons (Fsp3) is 0.295. The minimum Gasteiger partial charge on any atom is -0.365 e. The van der Waals surface area contributed by atoms with Crippen LogP contribution in [0.5, 0.6) is 0 Å². The molecule has 0 amide bonds. The molecule has 0 atom stereocenters. The number of halogens is 2. The lowest BCUT2D eigenvalue weighted by Crippen LogP contribution is -2.37. The first kappa shape index (κ1) is 43.1. The summed E-state index contributed by atoms with van der Waals surface area (Å²) in [6.45, 7) is 5.16. The first-order valence-corrected chi connectivity index (χ1v) is 18.6. The number of nitrogens with one attached hydrogen (secondary N) is 3. The normalized spacial score (nSPS) is 14.7. The lowest BCUT2D eigenvalue weighted by atomic mass is 10.00. The summed E-state index contributed by atoms with van der Waals surface area (Å²) in [5.74, 6) is 0. The van der Waals surface area contributed by atoms with Crippen LogP contribution in [0.25, 0.3) is 0 Å². The molecule has 6 aromatic rings. The number of ether oxygens (including phenoxy) is 2. The number of carbonyl (C=O) groups excluding carboxylic acids is 1. The summed E-state index contributed by atoms with van der Waals surface area (Å²) in [7, 11) is 0. The lowest BCUT2D eigenvalue weighted by Gasteiger charge is -2.34. The number of hydrogen-bond acceptors (Lipinski definition) is 7. The van der Waals surface area contributed by atoms with Gasteiger partial charge in [0.2, 0.25) is 0 Å². The predicted molar refractivity (Wildman–Crippen MR) is 223 cm³/mol. The molecular formula is C44H52Cl2N6O3. The number of H-pyrrole nitrogens is 2. The number of aromatic nitrogens is 4. The molecule has 8 rings (SSSR count). The summed E-state index contributed by atoms with van der Waals surface area (Å²) < 4.78 is 13.0. The van der Waals surface area contributed by atoms with Gasteiger partial charge in [0, 0.05) is 31.5 Å². The maximum absolute atomic E-state index is 9.80. The van der Waals surface area contributed by atoms with Crippen molar-refractivity contribution in [2.75, 3.05) is 26.2 Å². The number of aromatic amines is 2. The van der Waals surface area contributed by atoms with Gasteiger partial charge < -0.3 is 24.8 Å². The van der Waals surface area contributed by atoms with E-state index in [4.69, 9.17) is 9.47 Å². The number of benzene rings is 4. The third-order valence-electron chi connectivity index (χ3n) is 9.48. The summed E-state index contributed by atoms with van der Waals surface area (Å²) in [5.41, 5.74) is 6.60. The average molecular weight is 784 g/mol. The number of imidazole rings is 2. The molecule has 3 N–H and O–H groups in total. The van der Waals surface area contributed by atoms with Gasteiger partial charge >= 0.3 is 0 Å². The number of carbonyl (C=O) groups is 1. The van der Waals surface area contributed by atoms with Crippen LogP contribution in [0, 0.1) is 0 Å². The summed E-state index contributed by atoms with van der Waals surface area (Å²) in [5, 5.41) is 3.39. The second-order valence-corrected chi connectivity index (χ2v) is 13.3. The lowest BCUT2D eigenvalue weighted by molar-refractivity contribution is -0.0282. The van der Waals surface area contributed by atoms with E-state index in [1.54, 1.807) is 6.33 Å². The van der Waals surface area contributed by atoms with Crippen molar-refractivity contribution in [2.24, 2.45) is 0 Å². The van der Waals surface area contributed by atoms with Crippen LogP contribution >= 0.6 is 24.8 Å². The molecule has 0 unspecified atom stereocenters. The summed E-state index contributed by atoms with van der Waals surface area (Å²) in [4.78, 5) is 25.8. The van der Waals surface area contributed by atoms with Crippen LogP contribution in [-0.2, 0) is 16.0 Å². The van der Waals surface area contributed by atoms with Crippen molar-refractivity contribution in [1.29, 1.82) is 0 Å². The van der Waals surface area contributed by atoms with E-state index in [0.717, 1.165) is 58.4 Å². The molecule has 4 heterocycles. The van der Waals surface area contributed by atoms with Crippen LogP contribution in [0.2, 0.25) is 0 Å². The van der Waals surface area contributed by atoms with E-state index in [-0.39, 0.29) is 37.0 Å². The van der Waals surface area contributed by atoms with E-state index in [9.17, 15) is 4.79 Å². The Bertz CT molecular complexity index is 1740. The van der Waals surface area contributed by atoms with Crippen LogP contribution in [0.3, 0.4) is 0 Å². The Morgan fingerprint density at radius 3 is 1.38 bits per heavy atom. The van der Waals surface area contributed by atoms with Crippen molar-refractivity contribution in [3.05, 3.63) is 180 Å². The van der Waals surface area contributed by atoms with Gasteiger partial charge in [-0.15, -0.1) is 24.8 Å². The molecule has 55 heavy (non-hydrogen) atoms. The van der Waals surface area contributed by atoms with Gasteiger partial charge in [-0.1, -0.05) is 121 Å². The van der Waals surface area contributed by atoms with E-state index in [0.29, 0.717) is 24.2 Å². The van der Waals surface area contributed by atoms with E-state index < -0.39 is 0 Å². The largest absolute Gasteiger partial charge is 0.365 e. The molecule has 2 saturated heterocycles. The summed E-state index contributed by atoms with van der Waals surface area (Å²) in [6, 6.07) is 42.1. The van der Waals surface area contributed by atoms with E-state index in [1.165, 1.54) is 40.5 Å². The van der Waals surface area contributed by atoms with E-state index in [1.807, 2.05) is 6.20 Å². The highest BCUT2D eigenvalue weighted by Crippen LogP contribution is 2.31. The van der Waals surface area contributed by atoms with Crippen molar-refractivity contribution in [3.63, 3.8) is 0 Å². The number of aldehydes is 1. The van der Waals surface area contributed by atoms with Gasteiger partial charge in [0.15, 0.2) is 6.29 Å². The Morgan fingerprint density at radius 2 is 1.02 bits per heavy atom.